The summed E-state index contributed by atoms with van der Waals surface area (Å²) in [4.78, 5) is 35.3. The molecule has 0 aromatic carbocycles. The third-order valence-electron chi connectivity index (χ3n) is 15.0. The van der Waals surface area contributed by atoms with Crippen LogP contribution < -0.4 is 5.73 Å². The van der Waals surface area contributed by atoms with Gasteiger partial charge < -0.3 is 20.1 Å². The summed E-state index contributed by atoms with van der Waals surface area (Å²) in [7, 11) is -4.39. The Labute approximate surface area is 512 Å². The molecule has 0 rings (SSSR count). The molecule has 0 aromatic rings. The fraction of sp³-hybridized carbons (Fsp3) is 0.753. The summed E-state index contributed by atoms with van der Waals surface area (Å²) in [6, 6.07) is 0. The Balaban J connectivity index is 3.85. The maximum Gasteiger partial charge on any atom is 0.472 e. The Hall–Kier alpha value is -3.07. The number of allylic oxidation sites excluding steroid dienone is 16. The molecule has 0 spiro atoms. The lowest BCUT2D eigenvalue weighted by Crippen LogP contribution is -2.29. The molecule has 0 saturated heterocycles. The standard InChI is InChI=1S/C73H130NO8P/c1-3-5-7-9-11-13-15-17-19-21-23-25-26-27-28-29-30-31-32-33-34-35-36-37-38-39-40-41-42-43-44-46-48-50-52-54-56-58-60-62-64-66-73(76)82-71(70-81-83(77,78)80-68-67-74)69-79-72(75)65-63-61-59-57-55-53-51-49-47-45-24-22-20-18-16-14-12-10-8-6-4-2/h5,7,11,13,17,19,23,25,27-28,30-31,33-34,36-37,71H,3-4,6,8-10,12,14-16,18,20-22,24,26,29,32,35,38-70,74H2,1-2H3,(H,77,78)/b7-5-,13-11-,19-17-,25-23-,28-27-,31-30-,34-33-,37-36-. The molecule has 83 heavy (non-hydrogen) atoms. The number of phosphoric acid groups is 1. The van der Waals surface area contributed by atoms with Crippen LogP contribution in [0.4, 0.5) is 0 Å². The second-order valence-corrected chi connectivity index (χ2v) is 24.5. The van der Waals surface area contributed by atoms with Gasteiger partial charge in [0, 0.05) is 19.4 Å². The molecule has 0 heterocycles. The van der Waals surface area contributed by atoms with Gasteiger partial charge in [-0.3, -0.25) is 18.6 Å². The number of hydrogen-bond acceptors (Lipinski definition) is 8. The molecule has 0 aliphatic rings. The van der Waals surface area contributed by atoms with E-state index in [0.717, 1.165) is 89.9 Å². The summed E-state index contributed by atoms with van der Waals surface area (Å²) < 4.78 is 33.2. The number of phosphoric ester groups is 1. The highest BCUT2D eigenvalue weighted by Crippen LogP contribution is 2.43. The van der Waals surface area contributed by atoms with Gasteiger partial charge in [0.15, 0.2) is 6.10 Å². The zero-order chi connectivity index (χ0) is 60.1. The highest BCUT2D eigenvalue weighted by molar-refractivity contribution is 7.47. The van der Waals surface area contributed by atoms with Gasteiger partial charge in [-0.25, -0.2) is 4.57 Å². The molecule has 0 aromatic heterocycles. The van der Waals surface area contributed by atoms with E-state index in [-0.39, 0.29) is 38.6 Å². The lowest BCUT2D eigenvalue weighted by Gasteiger charge is -2.19. The number of unbranched alkanes of at least 4 members (excludes halogenated alkanes) is 36. The van der Waals surface area contributed by atoms with Crippen LogP contribution in [0.2, 0.25) is 0 Å². The van der Waals surface area contributed by atoms with Crippen LogP contribution in [0.1, 0.15) is 322 Å². The van der Waals surface area contributed by atoms with Crippen LogP contribution in [0.5, 0.6) is 0 Å². The molecule has 10 heteroatoms. The van der Waals surface area contributed by atoms with Gasteiger partial charge >= 0.3 is 19.8 Å². The largest absolute Gasteiger partial charge is 0.472 e. The van der Waals surface area contributed by atoms with E-state index in [1.165, 1.54) is 199 Å². The summed E-state index contributed by atoms with van der Waals surface area (Å²) in [6.07, 6.45) is 92.1. The van der Waals surface area contributed by atoms with Gasteiger partial charge in [-0.15, -0.1) is 0 Å². The van der Waals surface area contributed by atoms with Gasteiger partial charge in [0.05, 0.1) is 13.2 Å². The molecule has 480 valence electrons. The van der Waals surface area contributed by atoms with E-state index in [0.29, 0.717) is 6.42 Å². The van der Waals surface area contributed by atoms with Crippen molar-refractivity contribution in [2.45, 2.75) is 328 Å². The fourth-order valence-electron chi connectivity index (χ4n) is 9.89. The van der Waals surface area contributed by atoms with Crippen LogP contribution in [0.3, 0.4) is 0 Å². The molecule has 9 nitrogen and oxygen atoms in total. The van der Waals surface area contributed by atoms with Crippen molar-refractivity contribution in [1.82, 2.24) is 0 Å². The number of nitrogens with two attached hydrogens (primary N) is 1. The molecule has 2 unspecified atom stereocenters. The number of carbonyl (C=O) groups is 2. The lowest BCUT2D eigenvalue weighted by atomic mass is 10.0. The summed E-state index contributed by atoms with van der Waals surface area (Å²) in [6.45, 7) is 3.68. The fourth-order valence-corrected chi connectivity index (χ4v) is 10.7. The minimum Gasteiger partial charge on any atom is -0.462 e. The van der Waals surface area contributed by atoms with Gasteiger partial charge in [0.25, 0.3) is 0 Å². The van der Waals surface area contributed by atoms with Crippen LogP contribution >= 0.6 is 7.82 Å². The Morgan fingerprint density at radius 3 is 0.988 bits per heavy atom. The minimum absolute atomic E-state index is 0.0530. The van der Waals surface area contributed by atoms with Crippen molar-refractivity contribution in [2.24, 2.45) is 5.73 Å². The first-order chi connectivity index (χ1) is 40.8. The second kappa shape index (κ2) is 68.0. The van der Waals surface area contributed by atoms with Crippen molar-refractivity contribution in [1.29, 1.82) is 0 Å². The monoisotopic (exact) mass is 1180 g/mol. The smallest absolute Gasteiger partial charge is 0.462 e. The molecule has 0 saturated carbocycles. The highest BCUT2D eigenvalue weighted by Gasteiger charge is 2.26. The zero-order valence-corrected chi connectivity index (χ0v) is 54.8. The first-order valence-corrected chi connectivity index (χ1v) is 36.2. The normalized spacial score (nSPS) is 13.5. The zero-order valence-electron chi connectivity index (χ0n) is 53.9. The van der Waals surface area contributed by atoms with Gasteiger partial charge in [0.1, 0.15) is 6.61 Å². The summed E-state index contributed by atoms with van der Waals surface area (Å²) in [5.74, 6) is -0.814. The van der Waals surface area contributed by atoms with E-state index in [4.69, 9.17) is 24.3 Å². The van der Waals surface area contributed by atoms with Crippen molar-refractivity contribution >= 4 is 19.8 Å². The van der Waals surface area contributed by atoms with Crippen LogP contribution in [-0.4, -0.2) is 49.3 Å². The van der Waals surface area contributed by atoms with Crippen molar-refractivity contribution in [3.63, 3.8) is 0 Å². The number of carbonyl (C=O) groups excluding carboxylic acids is 2. The molecule has 0 amide bonds. The maximum atomic E-state index is 12.8. The average molecular weight is 1180 g/mol. The van der Waals surface area contributed by atoms with E-state index >= 15 is 0 Å². The average Bonchev–Trinajstić information content (AvgIpc) is 3.49. The van der Waals surface area contributed by atoms with E-state index < -0.39 is 26.5 Å². The number of ether oxygens (including phenoxy) is 2. The van der Waals surface area contributed by atoms with Crippen molar-refractivity contribution < 1.29 is 37.6 Å². The number of rotatable bonds is 65. The van der Waals surface area contributed by atoms with Crippen LogP contribution in [0.15, 0.2) is 97.2 Å². The van der Waals surface area contributed by atoms with Gasteiger partial charge in [-0.2, -0.15) is 0 Å². The first-order valence-electron chi connectivity index (χ1n) is 34.7. The van der Waals surface area contributed by atoms with Gasteiger partial charge in [0.2, 0.25) is 0 Å². The predicted molar refractivity (Wildman–Crippen MR) is 358 cm³/mol. The maximum absolute atomic E-state index is 12.8. The lowest BCUT2D eigenvalue weighted by molar-refractivity contribution is -0.161. The third kappa shape index (κ3) is 67.9. The first kappa shape index (κ1) is 79.9. The van der Waals surface area contributed by atoms with E-state index in [1.807, 2.05) is 0 Å². The van der Waals surface area contributed by atoms with Crippen LogP contribution in [-0.2, 0) is 32.7 Å². The summed E-state index contributed by atoms with van der Waals surface area (Å²) in [5, 5.41) is 0. The van der Waals surface area contributed by atoms with E-state index in [9.17, 15) is 19.0 Å². The predicted octanol–water partition coefficient (Wildman–Crippen LogP) is 22.7. The molecule has 0 aliphatic heterocycles. The second-order valence-electron chi connectivity index (χ2n) is 23.0. The molecule has 0 bridgehead atoms. The SMILES string of the molecule is CC/C=C\C/C=C\C/C=C\C/C=C\C/C=C\C/C=C\C/C=C\C/C=C\CCCCCCCCCCCCCCCCCCC(=O)OC(COC(=O)CCCCCCCCCCCCCCCCCCCCCCC)COP(=O)(O)OCCN. The van der Waals surface area contributed by atoms with Crippen LogP contribution in [0, 0.1) is 0 Å². The van der Waals surface area contributed by atoms with Crippen LogP contribution in [0.25, 0.3) is 0 Å². The Bertz CT molecular complexity index is 1680. The van der Waals surface area contributed by atoms with Crippen molar-refractivity contribution in [3.05, 3.63) is 97.2 Å². The number of esters is 2. The topological polar surface area (TPSA) is 134 Å². The molecule has 0 radical (unpaired) electrons. The van der Waals surface area contributed by atoms with Crippen molar-refractivity contribution in [2.75, 3.05) is 26.4 Å². The quantitative estimate of drug-likeness (QED) is 0.0264. The Kier molecular flexibility index (Phi) is 65.5. The third-order valence-corrected chi connectivity index (χ3v) is 16.0. The van der Waals surface area contributed by atoms with E-state index in [1.54, 1.807) is 0 Å². The summed E-state index contributed by atoms with van der Waals surface area (Å²) >= 11 is 0. The molecule has 0 fully saturated rings. The van der Waals surface area contributed by atoms with Crippen molar-refractivity contribution in [3.8, 4) is 0 Å². The highest BCUT2D eigenvalue weighted by atomic mass is 31.2. The summed E-state index contributed by atoms with van der Waals surface area (Å²) in [5.41, 5.74) is 5.40. The molecular formula is C73H130NO8P. The van der Waals surface area contributed by atoms with Gasteiger partial charge in [-0.05, 0) is 77.0 Å². The Morgan fingerprint density at radius 1 is 0.373 bits per heavy atom. The van der Waals surface area contributed by atoms with Gasteiger partial charge in [-0.1, -0.05) is 329 Å². The molecular weight excluding hydrogens is 1050 g/mol. The number of hydrogen-bond donors (Lipinski definition) is 2. The Morgan fingerprint density at radius 2 is 0.663 bits per heavy atom. The molecule has 3 N–H and O–H groups in total. The minimum atomic E-state index is -4.39. The van der Waals surface area contributed by atoms with E-state index in [2.05, 4.69) is 111 Å². The molecule has 0 aliphatic carbocycles. The molecule has 2 atom stereocenters.